The van der Waals surface area contributed by atoms with E-state index in [9.17, 15) is 18.0 Å². The summed E-state index contributed by atoms with van der Waals surface area (Å²) >= 11 is 11.5. The molecule has 2 rings (SSSR count). The van der Waals surface area contributed by atoms with E-state index in [0.29, 0.717) is 0 Å². The van der Waals surface area contributed by atoms with Gasteiger partial charge in [-0.3, -0.25) is 0 Å². The van der Waals surface area contributed by atoms with Crippen LogP contribution in [0.2, 0.25) is 10.0 Å². The van der Waals surface area contributed by atoms with E-state index < -0.39 is 18.1 Å². The minimum atomic E-state index is -4.80. The fourth-order valence-corrected chi connectivity index (χ4v) is 1.93. The first-order valence-electron chi connectivity index (χ1n) is 5.92. The van der Waals surface area contributed by atoms with Gasteiger partial charge in [0.2, 0.25) is 0 Å². The van der Waals surface area contributed by atoms with Gasteiger partial charge in [0.25, 0.3) is 0 Å². The summed E-state index contributed by atoms with van der Waals surface area (Å²) in [4.78, 5) is 11.2. The Morgan fingerprint density at radius 3 is 2.04 bits per heavy atom. The molecule has 2 aromatic carbocycles. The van der Waals surface area contributed by atoms with Gasteiger partial charge in [0.05, 0.1) is 10.0 Å². The topological polar surface area (TPSA) is 55.8 Å². The molecule has 0 atom stereocenters. The highest BCUT2D eigenvalue weighted by molar-refractivity contribution is 6.42. The SMILES string of the molecule is O=C(O)c1cc(Cl)c(Cl)cc1Oc1ccc(OC(F)(F)F)cc1. The molecular formula is C14H7Cl2F3O4. The number of ether oxygens (including phenoxy) is 2. The maximum Gasteiger partial charge on any atom is 0.573 e. The highest BCUT2D eigenvalue weighted by atomic mass is 35.5. The summed E-state index contributed by atoms with van der Waals surface area (Å²) in [7, 11) is 0. The van der Waals surface area contributed by atoms with Crippen molar-refractivity contribution in [2.75, 3.05) is 0 Å². The van der Waals surface area contributed by atoms with Gasteiger partial charge < -0.3 is 14.6 Å². The molecule has 23 heavy (non-hydrogen) atoms. The Labute approximate surface area is 138 Å². The van der Waals surface area contributed by atoms with Crippen molar-refractivity contribution in [1.82, 2.24) is 0 Å². The van der Waals surface area contributed by atoms with Crippen molar-refractivity contribution in [2.45, 2.75) is 6.36 Å². The van der Waals surface area contributed by atoms with Gasteiger partial charge in [0.15, 0.2) is 0 Å². The lowest BCUT2D eigenvalue weighted by Gasteiger charge is -2.12. The van der Waals surface area contributed by atoms with Crippen LogP contribution in [0.25, 0.3) is 0 Å². The Balaban J connectivity index is 2.26. The van der Waals surface area contributed by atoms with Crippen molar-refractivity contribution in [3.63, 3.8) is 0 Å². The second kappa shape index (κ2) is 6.55. The first-order valence-corrected chi connectivity index (χ1v) is 6.67. The monoisotopic (exact) mass is 366 g/mol. The molecule has 0 aliphatic rings. The average Bonchev–Trinajstić information content (AvgIpc) is 2.43. The van der Waals surface area contributed by atoms with Crippen LogP contribution < -0.4 is 9.47 Å². The van der Waals surface area contributed by atoms with Crippen molar-refractivity contribution in [3.8, 4) is 17.2 Å². The van der Waals surface area contributed by atoms with Crippen molar-refractivity contribution >= 4 is 29.2 Å². The van der Waals surface area contributed by atoms with Crippen LogP contribution in [0.4, 0.5) is 13.2 Å². The molecule has 0 bridgehead atoms. The Kier molecular flexibility index (Phi) is 4.91. The van der Waals surface area contributed by atoms with Crippen LogP contribution in [0.3, 0.4) is 0 Å². The average molecular weight is 367 g/mol. The molecule has 0 aromatic heterocycles. The van der Waals surface area contributed by atoms with Gasteiger partial charge >= 0.3 is 12.3 Å². The maximum absolute atomic E-state index is 12.1. The van der Waals surface area contributed by atoms with Gasteiger partial charge in [-0.15, -0.1) is 13.2 Å². The molecule has 0 spiro atoms. The molecule has 9 heteroatoms. The number of aromatic carboxylic acids is 1. The van der Waals surface area contributed by atoms with Crippen molar-refractivity contribution in [3.05, 3.63) is 52.0 Å². The third-order valence-corrected chi connectivity index (χ3v) is 3.26. The predicted octanol–water partition coefficient (Wildman–Crippen LogP) is 5.38. The lowest BCUT2D eigenvalue weighted by atomic mass is 10.2. The standard InChI is InChI=1S/C14H7Cl2F3O4/c15-10-5-9(13(20)21)12(6-11(10)16)22-7-1-3-8(4-2-7)23-14(17,18)19/h1-6H,(H,20,21). The molecule has 0 aliphatic heterocycles. The molecule has 0 radical (unpaired) electrons. The van der Waals surface area contributed by atoms with Gasteiger partial charge in [-0.2, -0.15) is 0 Å². The van der Waals surface area contributed by atoms with E-state index in [2.05, 4.69) is 4.74 Å². The van der Waals surface area contributed by atoms with Crippen LogP contribution in [0.15, 0.2) is 36.4 Å². The summed E-state index contributed by atoms with van der Waals surface area (Å²) in [5.74, 6) is -1.73. The number of carboxylic acid groups (broad SMARTS) is 1. The van der Waals surface area contributed by atoms with Crippen LogP contribution in [0, 0.1) is 0 Å². The van der Waals surface area contributed by atoms with Crippen LogP contribution in [0.1, 0.15) is 10.4 Å². The van der Waals surface area contributed by atoms with E-state index >= 15 is 0 Å². The van der Waals surface area contributed by atoms with Gasteiger partial charge in [0.1, 0.15) is 22.8 Å². The zero-order valence-corrected chi connectivity index (χ0v) is 12.5. The summed E-state index contributed by atoms with van der Waals surface area (Å²) in [6.07, 6.45) is -4.80. The number of hydrogen-bond acceptors (Lipinski definition) is 3. The molecule has 0 fully saturated rings. The van der Waals surface area contributed by atoms with Crippen LogP contribution in [-0.4, -0.2) is 17.4 Å². The minimum Gasteiger partial charge on any atom is -0.478 e. The molecule has 4 nitrogen and oxygen atoms in total. The minimum absolute atomic E-state index is 0.0327. The Bertz CT molecular complexity index is 730. The summed E-state index contributed by atoms with van der Waals surface area (Å²) in [6, 6.07) is 6.75. The summed E-state index contributed by atoms with van der Waals surface area (Å²) in [5, 5.41) is 9.21. The first-order chi connectivity index (χ1) is 10.7. The van der Waals surface area contributed by atoms with Gasteiger partial charge in [-0.25, -0.2) is 4.79 Å². The number of carboxylic acids is 1. The summed E-state index contributed by atoms with van der Waals surface area (Å²) in [6.45, 7) is 0. The molecule has 0 amide bonds. The van der Waals surface area contributed by atoms with Crippen molar-refractivity contribution < 1.29 is 32.5 Å². The van der Waals surface area contributed by atoms with E-state index in [0.717, 1.165) is 18.2 Å². The van der Waals surface area contributed by atoms with Gasteiger partial charge in [-0.1, -0.05) is 23.2 Å². The molecule has 122 valence electrons. The molecule has 0 saturated carbocycles. The summed E-state index contributed by atoms with van der Waals surface area (Å²) in [5.41, 5.74) is -0.241. The predicted molar refractivity (Wildman–Crippen MR) is 76.6 cm³/mol. The Hall–Kier alpha value is -2.12. The van der Waals surface area contributed by atoms with Crippen molar-refractivity contribution in [1.29, 1.82) is 0 Å². The highest BCUT2D eigenvalue weighted by Crippen LogP contribution is 2.34. The number of carbonyl (C=O) groups is 1. The smallest absolute Gasteiger partial charge is 0.478 e. The lowest BCUT2D eigenvalue weighted by Crippen LogP contribution is -2.16. The number of benzene rings is 2. The van der Waals surface area contributed by atoms with Gasteiger partial charge in [0, 0.05) is 6.07 Å². The van der Waals surface area contributed by atoms with Gasteiger partial charge in [-0.05, 0) is 30.3 Å². The number of hydrogen-bond donors (Lipinski definition) is 1. The molecular weight excluding hydrogens is 360 g/mol. The summed E-state index contributed by atoms with van der Waals surface area (Å²) < 4.78 is 45.2. The quantitative estimate of drug-likeness (QED) is 0.788. The third-order valence-electron chi connectivity index (χ3n) is 2.54. The second-order valence-corrected chi connectivity index (χ2v) is 5.00. The van der Waals surface area contributed by atoms with E-state index in [4.69, 9.17) is 33.0 Å². The zero-order valence-electron chi connectivity index (χ0n) is 11.0. The Morgan fingerprint density at radius 1 is 1.00 bits per heavy atom. The zero-order chi connectivity index (χ0) is 17.2. The lowest BCUT2D eigenvalue weighted by molar-refractivity contribution is -0.274. The highest BCUT2D eigenvalue weighted by Gasteiger charge is 2.31. The largest absolute Gasteiger partial charge is 0.573 e. The molecule has 0 unspecified atom stereocenters. The third kappa shape index (κ3) is 4.67. The molecule has 2 aromatic rings. The molecule has 0 aliphatic carbocycles. The number of rotatable bonds is 4. The number of halogens is 5. The van der Waals surface area contributed by atoms with Crippen LogP contribution in [-0.2, 0) is 0 Å². The van der Waals surface area contributed by atoms with E-state index in [1.165, 1.54) is 18.2 Å². The fourth-order valence-electron chi connectivity index (χ4n) is 1.62. The molecule has 1 N–H and O–H groups in total. The normalized spacial score (nSPS) is 11.2. The van der Waals surface area contributed by atoms with Crippen LogP contribution in [0.5, 0.6) is 17.2 Å². The number of alkyl halides is 3. The van der Waals surface area contributed by atoms with Crippen molar-refractivity contribution in [2.24, 2.45) is 0 Å². The van der Waals surface area contributed by atoms with E-state index in [1.807, 2.05) is 0 Å². The van der Waals surface area contributed by atoms with E-state index in [-0.39, 0.29) is 27.1 Å². The molecule has 0 saturated heterocycles. The Morgan fingerprint density at radius 2 is 1.52 bits per heavy atom. The van der Waals surface area contributed by atoms with E-state index in [1.54, 1.807) is 0 Å². The molecule has 0 heterocycles. The maximum atomic E-state index is 12.1. The fraction of sp³-hybridized carbons (Fsp3) is 0.0714. The first kappa shape index (κ1) is 17.2. The second-order valence-electron chi connectivity index (χ2n) is 4.19. The van der Waals surface area contributed by atoms with Crippen LogP contribution >= 0.6 is 23.2 Å².